The Kier molecular flexibility index (Phi) is 9.08. The number of carbonyl (C=O) groups excluding carboxylic acids is 1. The Balaban J connectivity index is 0.00000312. The summed E-state index contributed by atoms with van der Waals surface area (Å²) in [6.45, 7) is 6.25. The van der Waals surface area contributed by atoms with E-state index in [2.05, 4.69) is 13.8 Å². The normalized spacial score (nSPS) is 17.2. The molecule has 0 radical (unpaired) electrons. The fraction of sp³-hybridized carbons (Fsp3) is 0.632. The van der Waals surface area contributed by atoms with E-state index in [1.807, 2.05) is 17.0 Å². The van der Waals surface area contributed by atoms with Gasteiger partial charge >= 0.3 is 0 Å². The molecular weight excluding hydrogens is 340 g/mol. The first-order valence-electron chi connectivity index (χ1n) is 8.88. The number of ether oxygens (including phenoxy) is 2. The smallest absolute Gasteiger partial charge is 0.254 e. The zero-order chi connectivity index (χ0) is 17.5. The van der Waals surface area contributed by atoms with Gasteiger partial charge in [0.2, 0.25) is 0 Å². The molecular formula is C19H31ClN2O3. The minimum absolute atomic E-state index is 0. The van der Waals surface area contributed by atoms with Crippen LogP contribution in [0.4, 0.5) is 0 Å². The number of benzene rings is 1. The first kappa shape index (κ1) is 21.6. The number of halogens is 1. The highest BCUT2D eigenvalue weighted by atomic mass is 35.5. The van der Waals surface area contributed by atoms with Crippen molar-refractivity contribution in [3.05, 3.63) is 23.8 Å². The molecule has 1 heterocycles. The monoisotopic (exact) mass is 370 g/mol. The molecule has 2 N–H and O–H groups in total. The maximum absolute atomic E-state index is 12.8. The first-order chi connectivity index (χ1) is 11.6. The molecule has 1 atom stereocenters. The Hall–Kier alpha value is -1.46. The lowest BCUT2D eigenvalue weighted by Gasteiger charge is -2.35. The highest BCUT2D eigenvalue weighted by Crippen LogP contribution is 2.30. The number of amides is 1. The average molecular weight is 371 g/mol. The van der Waals surface area contributed by atoms with Gasteiger partial charge in [-0.15, -0.1) is 12.4 Å². The van der Waals surface area contributed by atoms with Crippen molar-refractivity contribution in [2.24, 2.45) is 11.7 Å². The third-order valence-corrected chi connectivity index (χ3v) is 4.52. The van der Waals surface area contributed by atoms with E-state index < -0.39 is 0 Å². The number of piperidine rings is 1. The van der Waals surface area contributed by atoms with Crippen molar-refractivity contribution < 1.29 is 14.3 Å². The van der Waals surface area contributed by atoms with Gasteiger partial charge in [-0.3, -0.25) is 4.79 Å². The standard InChI is InChI=1S/C19H30N2O3.ClH/c1-14(2)9-11-24-17-8-7-15(12-18(17)23-3)19(22)21-10-5-4-6-16(21)13-20;/h7-8,12,14,16H,4-6,9-11,13,20H2,1-3H3;1H. The molecule has 1 aliphatic heterocycles. The van der Waals surface area contributed by atoms with Gasteiger partial charge in [-0.05, 0) is 49.8 Å². The predicted octanol–water partition coefficient (Wildman–Crippen LogP) is 3.50. The quantitative estimate of drug-likeness (QED) is 0.797. The highest BCUT2D eigenvalue weighted by molar-refractivity contribution is 5.95. The minimum atomic E-state index is 0. The van der Waals surface area contributed by atoms with E-state index >= 15 is 0 Å². The fourth-order valence-corrected chi connectivity index (χ4v) is 3.00. The SMILES string of the molecule is COc1cc(C(=O)N2CCCCC2CN)ccc1OCCC(C)C.Cl. The zero-order valence-corrected chi connectivity index (χ0v) is 16.3. The molecule has 1 fully saturated rings. The zero-order valence-electron chi connectivity index (χ0n) is 15.5. The third kappa shape index (κ3) is 5.79. The molecule has 0 aliphatic carbocycles. The van der Waals surface area contributed by atoms with Crippen molar-refractivity contribution in [1.82, 2.24) is 4.90 Å². The predicted molar refractivity (Wildman–Crippen MR) is 103 cm³/mol. The molecule has 1 amide bonds. The average Bonchev–Trinajstić information content (AvgIpc) is 2.61. The van der Waals surface area contributed by atoms with Crippen molar-refractivity contribution in [2.75, 3.05) is 26.8 Å². The van der Waals surface area contributed by atoms with Crippen LogP contribution >= 0.6 is 12.4 Å². The van der Waals surface area contributed by atoms with Crippen molar-refractivity contribution >= 4 is 18.3 Å². The minimum Gasteiger partial charge on any atom is -0.493 e. The molecule has 25 heavy (non-hydrogen) atoms. The van der Waals surface area contributed by atoms with E-state index in [0.717, 1.165) is 32.2 Å². The lowest BCUT2D eigenvalue weighted by atomic mass is 10.0. The van der Waals surface area contributed by atoms with Crippen LogP contribution < -0.4 is 15.2 Å². The van der Waals surface area contributed by atoms with Crippen LogP contribution in [0.3, 0.4) is 0 Å². The number of carbonyl (C=O) groups is 1. The largest absolute Gasteiger partial charge is 0.493 e. The van der Waals surface area contributed by atoms with Crippen LogP contribution in [0.25, 0.3) is 0 Å². The van der Waals surface area contributed by atoms with Crippen LogP contribution in [-0.2, 0) is 0 Å². The summed E-state index contributed by atoms with van der Waals surface area (Å²) in [5.74, 6) is 1.90. The van der Waals surface area contributed by atoms with Gasteiger partial charge in [0.25, 0.3) is 5.91 Å². The number of rotatable bonds is 7. The lowest BCUT2D eigenvalue weighted by molar-refractivity contribution is 0.0623. The summed E-state index contributed by atoms with van der Waals surface area (Å²) < 4.78 is 11.2. The highest BCUT2D eigenvalue weighted by Gasteiger charge is 2.27. The summed E-state index contributed by atoms with van der Waals surface area (Å²) in [4.78, 5) is 14.7. The van der Waals surface area contributed by atoms with Gasteiger partial charge in [-0.1, -0.05) is 13.8 Å². The van der Waals surface area contributed by atoms with Crippen molar-refractivity contribution in [3.63, 3.8) is 0 Å². The van der Waals surface area contributed by atoms with Gasteiger partial charge in [-0.25, -0.2) is 0 Å². The summed E-state index contributed by atoms with van der Waals surface area (Å²) in [6, 6.07) is 5.56. The number of hydrogen-bond acceptors (Lipinski definition) is 4. The number of likely N-dealkylation sites (tertiary alicyclic amines) is 1. The number of methoxy groups -OCH3 is 1. The van der Waals surface area contributed by atoms with Gasteiger partial charge in [0, 0.05) is 24.7 Å². The number of hydrogen-bond donors (Lipinski definition) is 1. The molecule has 1 aliphatic rings. The van der Waals surface area contributed by atoms with Crippen molar-refractivity contribution in [3.8, 4) is 11.5 Å². The second-order valence-electron chi connectivity index (χ2n) is 6.78. The van der Waals surface area contributed by atoms with E-state index in [1.54, 1.807) is 13.2 Å². The van der Waals surface area contributed by atoms with Gasteiger partial charge in [0.15, 0.2) is 11.5 Å². The van der Waals surface area contributed by atoms with Gasteiger partial charge in [0.1, 0.15) is 0 Å². The summed E-state index contributed by atoms with van der Waals surface area (Å²) in [5.41, 5.74) is 6.46. The van der Waals surface area contributed by atoms with Crippen LogP contribution in [-0.4, -0.2) is 43.7 Å². The maximum Gasteiger partial charge on any atom is 0.254 e. The van der Waals surface area contributed by atoms with E-state index in [-0.39, 0.29) is 24.4 Å². The van der Waals surface area contributed by atoms with Crippen LogP contribution in [0.1, 0.15) is 49.9 Å². The van der Waals surface area contributed by atoms with E-state index in [0.29, 0.717) is 36.1 Å². The third-order valence-electron chi connectivity index (χ3n) is 4.52. The second kappa shape index (κ2) is 10.5. The molecule has 0 saturated carbocycles. The second-order valence-corrected chi connectivity index (χ2v) is 6.78. The van der Waals surface area contributed by atoms with E-state index in [4.69, 9.17) is 15.2 Å². The molecule has 0 bridgehead atoms. The molecule has 0 aromatic heterocycles. The van der Waals surface area contributed by atoms with E-state index in [1.165, 1.54) is 0 Å². The van der Waals surface area contributed by atoms with Gasteiger partial charge in [0.05, 0.1) is 13.7 Å². The number of nitrogens with two attached hydrogens (primary N) is 1. The van der Waals surface area contributed by atoms with Gasteiger partial charge in [-0.2, -0.15) is 0 Å². The first-order valence-corrected chi connectivity index (χ1v) is 8.88. The molecule has 6 heteroatoms. The Morgan fingerprint density at radius 2 is 2.08 bits per heavy atom. The summed E-state index contributed by atoms with van der Waals surface area (Å²) in [7, 11) is 1.60. The summed E-state index contributed by atoms with van der Waals surface area (Å²) in [6.07, 6.45) is 4.14. The number of nitrogens with zero attached hydrogens (tertiary/aromatic N) is 1. The topological polar surface area (TPSA) is 64.8 Å². The molecule has 2 rings (SSSR count). The Morgan fingerprint density at radius 3 is 2.72 bits per heavy atom. The van der Waals surface area contributed by atoms with Crippen LogP contribution in [0.2, 0.25) is 0 Å². The molecule has 1 aromatic rings. The molecule has 1 unspecified atom stereocenters. The Bertz CT molecular complexity index is 551. The molecule has 1 aromatic carbocycles. The maximum atomic E-state index is 12.8. The molecule has 1 saturated heterocycles. The summed E-state index contributed by atoms with van der Waals surface area (Å²) in [5, 5.41) is 0. The van der Waals surface area contributed by atoms with Crippen LogP contribution in [0, 0.1) is 5.92 Å². The fourth-order valence-electron chi connectivity index (χ4n) is 3.00. The summed E-state index contributed by atoms with van der Waals surface area (Å²) >= 11 is 0. The van der Waals surface area contributed by atoms with E-state index in [9.17, 15) is 4.79 Å². The van der Waals surface area contributed by atoms with Crippen LogP contribution in [0.5, 0.6) is 11.5 Å². The Morgan fingerprint density at radius 1 is 1.32 bits per heavy atom. The van der Waals surface area contributed by atoms with Gasteiger partial charge < -0.3 is 20.1 Å². The van der Waals surface area contributed by atoms with Crippen molar-refractivity contribution in [1.29, 1.82) is 0 Å². The van der Waals surface area contributed by atoms with Crippen LogP contribution in [0.15, 0.2) is 18.2 Å². The van der Waals surface area contributed by atoms with Crippen molar-refractivity contribution in [2.45, 2.75) is 45.6 Å². The Labute approximate surface area is 157 Å². The molecule has 5 nitrogen and oxygen atoms in total. The molecule has 142 valence electrons. The molecule has 0 spiro atoms. The lowest BCUT2D eigenvalue weighted by Crippen LogP contribution is -2.47.